The van der Waals surface area contributed by atoms with E-state index in [1.165, 1.54) is 0 Å². The third-order valence-electron chi connectivity index (χ3n) is 6.91. The van der Waals surface area contributed by atoms with E-state index in [0.29, 0.717) is 0 Å². The summed E-state index contributed by atoms with van der Waals surface area (Å²) in [7, 11) is 0. The average Bonchev–Trinajstić information content (AvgIpc) is 3.09. The van der Waals surface area contributed by atoms with Crippen LogP contribution in [0.25, 0.3) is 0 Å². The monoisotopic (exact) mass is 379 g/mol. The third-order valence-corrected chi connectivity index (χ3v) is 6.91. The number of hydrogen-bond donors (Lipinski definition) is 0. The normalized spacial score (nSPS) is 21.7. The molecule has 0 unspecified atom stereocenters. The SMILES string of the molecule is CCCCC(C)(CCCC)N1CCN2CC[C@@H](C(=O)C(C)(C)CC)N2C1=O. The van der Waals surface area contributed by atoms with E-state index in [2.05, 4.69) is 37.6 Å². The number of fused-ring (bicyclic) bond motifs is 1. The Morgan fingerprint density at radius 1 is 1.00 bits per heavy atom. The van der Waals surface area contributed by atoms with Gasteiger partial charge in [-0.25, -0.2) is 14.8 Å². The van der Waals surface area contributed by atoms with Gasteiger partial charge in [0.05, 0.1) is 0 Å². The summed E-state index contributed by atoms with van der Waals surface area (Å²) in [6.45, 7) is 15.2. The van der Waals surface area contributed by atoms with Gasteiger partial charge in [0.2, 0.25) is 0 Å². The molecule has 5 heteroatoms. The van der Waals surface area contributed by atoms with Crippen molar-refractivity contribution in [2.24, 2.45) is 5.41 Å². The van der Waals surface area contributed by atoms with Crippen LogP contribution in [0.2, 0.25) is 0 Å². The molecule has 2 heterocycles. The van der Waals surface area contributed by atoms with Gasteiger partial charge in [-0.2, -0.15) is 0 Å². The van der Waals surface area contributed by atoms with E-state index in [0.717, 1.165) is 71.0 Å². The van der Waals surface area contributed by atoms with Gasteiger partial charge in [-0.05, 0) is 32.6 Å². The molecule has 27 heavy (non-hydrogen) atoms. The molecule has 2 aliphatic heterocycles. The van der Waals surface area contributed by atoms with Gasteiger partial charge in [0.25, 0.3) is 0 Å². The summed E-state index contributed by atoms with van der Waals surface area (Å²) < 4.78 is 0. The third kappa shape index (κ3) is 4.49. The van der Waals surface area contributed by atoms with Gasteiger partial charge in [-0.3, -0.25) is 4.79 Å². The minimum absolute atomic E-state index is 0.0544. The Labute approximate surface area is 166 Å². The minimum Gasteiger partial charge on any atom is -0.317 e. The number of amides is 2. The molecule has 0 aromatic rings. The number of hydrazine groups is 1. The molecule has 0 radical (unpaired) electrons. The van der Waals surface area contributed by atoms with Crippen molar-refractivity contribution in [1.82, 2.24) is 14.9 Å². The van der Waals surface area contributed by atoms with Gasteiger partial charge in [0.15, 0.2) is 5.78 Å². The standard InChI is InChI=1S/C22H41N3O2/c1-7-10-13-22(6,14-11-8-2)24-17-16-23-15-12-18(25(23)20(24)27)19(26)21(4,5)9-3/h18H,7-17H2,1-6H3/t18-/m0/s1. The lowest BCUT2D eigenvalue weighted by Gasteiger charge is -2.50. The maximum atomic E-state index is 13.6. The van der Waals surface area contributed by atoms with E-state index in [-0.39, 0.29) is 28.8 Å². The van der Waals surface area contributed by atoms with Crippen LogP contribution >= 0.6 is 0 Å². The Bertz CT molecular complexity index is 524. The van der Waals surface area contributed by atoms with Crippen molar-refractivity contribution in [3.8, 4) is 0 Å². The molecule has 0 spiro atoms. The molecule has 2 rings (SSSR count). The number of urea groups is 1. The quantitative estimate of drug-likeness (QED) is 0.544. The first-order chi connectivity index (χ1) is 12.7. The van der Waals surface area contributed by atoms with Crippen LogP contribution < -0.4 is 0 Å². The molecule has 0 aliphatic carbocycles. The molecule has 0 aromatic carbocycles. The Morgan fingerprint density at radius 3 is 2.11 bits per heavy atom. The van der Waals surface area contributed by atoms with Gasteiger partial charge in [-0.1, -0.05) is 60.3 Å². The fraction of sp³-hybridized carbons (Fsp3) is 0.909. The predicted molar refractivity (Wildman–Crippen MR) is 110 cm³/mol. The summed E-state index contributed by atoms with van der Waals surface area (Å²) in [5.74, 6) is 0.214. The Morgan fingerprint density at radius 2 is 1.59 bits per heavy atom. The molecular formula is C22H41N3O2. The van der Waals surface area contributed by atoms with Crippen molar-refractivity contribution >= 4 is 11.8 Å². The molecule has 2 aliphatic rings. The lowest BCUT2D eigenvalue weighted by Crippen LogP contribution is -2.65. The van der Waals surface area contributed by atoms with E-state index in [4.69, 9.17) is 0 Å². The summed E-state index contributed by atoms with van der Waals surface area (Å²) in [6, 6.07) is -0.240. The molecule has 0 bridgehead atoms. The van der Waals surface area contributed by atoms with Crippen LogP contribution in [0.3, 0.4) is 0 Å². The van der Waals surface area contributed by atoms with Crippen LogP contribution in [0, 0.1) is 5.41 Å². The van der Waals surface area contributed by atoms with E-state index in [1.807, 2.05) is 18.9 Å². The van der Waals surface area contributed by atoms with Crippen LogP contribution in [0.4, 0.5) is 4.79 Å². The van der Waals surface area contributed by atoms with Crippen molar-refractivity contribution in [3.63, 3.8) is 0 Å². The first-order valence-electron chi connectivity index (χ1n) is 11.1. The molecular weight excluding hydrogens is 338 g/mol. The lowest BCUT2D eigenvalue weighted by atomic mass is 9.81. The molecule has 2 fully saturated rings. The molecule has 5 nitrogen and oxygen atoms in total. The highest BCUT2D eigenvalue weighted by atomic mass is 16.2. The first-order valence-corrected chi connectivity index (χ1v) is 11.1. The number of nitrogens with zero attached hydrogens (tertiary/aromatic N) is 3. The average molecular weight is 380 g/mol. The number of carbonyl (C=O) groups is 2. The highest BCUT2D eigenvalue weighted by Gasteiger charge is 2.50. The molecule has 0 saturated carbocycles. The van der Waals surface area contributed by atoms with E-state index >= 15 is 0 Å². The van der Waals surface area contributed by atoms with Gasteiger partial charge < -0.3 is 4.90 Å². The van der Waals surface area contributed by atoms with Crippen molar-refractivity contribution in [2.45, 2.75) is 104 Å². The van der Waals surface area contributed by atoms with Gasteiger partial charge in [-0.15, -0.1) is 0 Å². The van der Waals surface area contributed by atoms with E-state index < -0.39 is 0 Å². The maximum absolute atomic E-state index is 13.6. The Hall–Kier alpha value is -1.10. The Kier molecular flexibility index (Phi) is 7.34. The summed E-state index contributed by atoms with van der Waals surface area (Å²) in [4.78, 5) is 28.8. The molecule has 1 atom stereocenters. The van der Waals surface area contributed by atoms with Crippen LogP contribution in [0.1, 0.15) is 92.9 Å². The van der Waals surface area contributed by atoms with Crippen LogP contribution in [-0.2, 0) is 4.79 Å². The second kappa shape index (κ2) is 8.93. The fourth-order valence-electron chi connectivity index (χ4n) is 4.49. The number of rotatable bonds is 10. The smallest absolute Gasteiger partial charge is 0.317 e. The number of unbranched alkanes of at least 4 members (excludes halogenated alkanes) is 2. The van der Waals surface area contributed by atoms with Crippen LogP contribution in [0.15, 0.2) is 0 Å². The molecule has 0 N–H and O–H groups in total. The number of Topliss-reactive ketones (excluding diaryl/α,β-unsaturated/α-hetero) is 1. The summed E-state index contributed by atoms with van der Waals surface area (Å²) in [5.41, 5.74) is -0.484. The van der Waals surface area contributed by atoms with Gasteiger partial charge in [0.1, 0.15) is 6.04 Å². The largest absolute Gasteiger partial charge is 0.335 e. The minimum atomic E-state index is -0.378. The fourth-order valence-corrected chi connectivity index (χ4v) is 4.49. The predicted octanol–water partition coefficient (Wildman–Crippen LogP) is 4.86. The molecule has 156 valence electrons. The Balaban J connectivity index is 2.24. The van der Waals surface area contributed by atoms with Gasteiger partial charge >= 0.3 is 6.03 Å². The summed E-state index contributed by atoms with van der Waals surface area (Å²) in [6.07, 6.45) is 8.22. The first kappa shape index (κ1) is 22.2. The van der Waals surface area contributed by atoms with Crippen molar-refractivity contribution in [1.29, 1.82) is 0 Å². The zero-order chi connectivity index (χ0) is 20.2. The van der Waals surface area contributed by atoms with Crippen LogP contribution in [0.5, 0.6) is 0 Å². The topological polar surface area (TPSA) is 43.9 Å². The summed E-state index contributed by atoms with van der Waals surface area (Å²) in [5, 5.41) is 3.94. The second-order valence-electron chi connectivity index (χ2n) is 9.34. The van der Waals surface area contributed by atoms with Crippen molar-refractivity contribution in [3.05, 3.63) is 0 Å². The zero-order valence-electron chi connectivity index (χ0n) is 18.5. The number of ketones is 1. The molecule has 2 amide bonds. The van der Waals surface area contributed by atoms with E-state index in [1.54, 1.807) is 0 Å². The number of carbonyl (C=O) groups excluding carboxylic acids is 2. The van der Waals surface area contributed by atoms with Crippen molar-refractivity contribution < 1.29 is 9.59 Å². The van der Waals surface area contributed by atoms with E-state index in [9.17, 15) is 9.59 Å². The maximum Gasteiger partial charge on any atom is 0.335 e. The second-order valence-corrected chi connectivity index (χ2v) is 9.34. The highest BCUT2D eigenvalue weighted by molar-refractivity contribution is 5.92. The summed E-state index contributed by atoms with van der Waals surface area (Å²) >= 11 is 0. The van der Waals surface area contributed by atoms with Crippen LogP contribution in [-0.4, -0.2) is 57.9 Å². The number of hydrogen-bond acceptors (Lipinski definition) is 3. The van der Waals surface area contributed by atoms with Crippen molar-refractivity contribution in [2.75, 3.05) is 19.6 Å². The highest BCUT2D eigenvalue weighted by Crippen LogP contribution is 2.36. The van der Waals surface area contributed by atoms with Gasteiger partial charge in [0, 0.05) is 30.6 Å². The molecule has 2 saturated heterocycles. The zero-order valence-corrected chi connectivity index (χ0v) is 18.5. The lowest BCUT2D eigenvalue weighted by molar-refractivity contribution is -0.136. The molecule has 0 aromatic heterocycles.